The number of likely N-dealkylation sites (tertiary alicyclic amines) is 1. The molecule has 7 heteroatoms. The predicted molar refractivity (Wildman–Crippen MR) is 124 cm³/mol. The summed E-state index contributed by atoms with van der Waals surface area (Å²) in [5.41, 5.74) is 3.24. The number of nitrogens with one attached hydrogen (secondary N) is 2. The molecule has 1 amide bonds. The highest BCUT2D eigenvalue weighted by molar-refractivity contribution is 7.90. The standard InChI is InChI=1S/C24H35N3O3S/c1-3-19(11-18-7-5-4-6-8-18)21-12-22(21)26-20-13-24(14-20)16-27(17-24)15-23(28)25-9-10-31(2,29)30/h4-8,11,20-22,26H,3,9-10,12-17H2,1-2H3,(H,25,28)/b19-11+/t21-,22+/m0/s1. The van der Waals surface area contributed by atoms with Gasteiger partial charge in [-0.3, -0.25) is 9.69 Å². The minimum absolute atomic E-state index is 0.00152. The van der Waals surface area contributed by atoms with Crippen LogP contribution in [0.3, 0.4) is 0 Å². The first-order chi connectivity index (χ1) is 14.8. The zero-order valence-corrected chi connectivity index (χ0v) is 19.5. The normalized spacial score (nSPS) is 25.7. The monoisotopic (exact) mass is 445 g/mol. The van der Waals surface area contributed by atoms with Crippen LogP contribution in [-0.2, 0) is 14.6 Å². The SMILES string of the molecule is CC/C(=C\c1ccccc1)[C@@H]1C[C@H]1NC1CC2(C1)CN(CC(=O)NCCS(C)(=O)=O)C2. The van der Waals surface area contributed by atoms with Crippen LogP contribution in [0, 0.1) is 11.3 Å². The summed E-state index contributed by atoms with van der Waals surface area (Å²) in [7, 11) is -3.03. The molecular formula is C24H35N3O3S. The lowest BCUT2D eigenvalue weighted by atomic mass is 9.60. The van der Waals surface area contributed by atoms with Crippen molar-refractivity contribution >= 4 is 21.8 Å². The molecule has 0 aromatic heterocycles. The second-order valence-corrected chi connectivity index (χ2v) is 12.1. The van der Waals surface area contributed by atoms with Crippen molar-refractivity contribution in [1.29, 1.82) is 0 Å². The van der Waals surface area contributed by atoms with Crippen molar-refractivity contribution < 1.29 is 13.2 Å². The fraction of sp³-hybridized carbons (Fsp3) is 0.625. The molecule has 1 saturated heterocycles. The molecule has 3 fully saturated rings. The minimum Gasteiger partial charge on any atom is -0.354 e. The molecule has 0 unspecified atom stereocenters. The third-order valence-corrected chi connectivity index (χ3v) is 7.86. The molecule has 31 heavy (non-hydrogen) atoms. The van der Waals surface area contributed by atoms with Crippen molar-refractivity contribution in [2.24, 2.45) is 11.3 Å². The van der Waals surface area contributed by atoms with Gasteiger partial charge < -0.3 is 10.6 Å². The van der Waals surface area contributed by atoms with Crippen LogP contribution >= 0.6 is 0 Å². The van der Waals surface area contributed by atoms with Gasteiger partial charge in [0.05, 0.1) is 12.3 Å². The van der Waals surface area contributed by atoms with Crippen molar-refractivity contribution in [3.63, 3.8) is 0 Å². The maximum Gasteiger partial charge on any atom is 0.234 e. The second-order valence-electron chi connectivity index (χ2n) is 9.83. The van der Waals surface area contributed by atoms with Crippen LogP contribution in [0.25, 0.3) is 6.08 Å². The molecule has 1 aromatic carbocycles. The smallest absolute Gasteiger partial charge is 0.234 e. The number of hydrogen-bond acceptors (Lipinski definition) is 5. The molecule has 0 radical (unpaired) electrons. The molecule has 4 rings (SSSR count). The molecule has 2 aliphatic carbocycles. The van der Waals surface area contributed by atoms with Gasteiger partial charge in [0.1, 0.15) is 9.84 Å². The van der Waals surface area contributed by atoms with Gasteiger partial charge in [-0.05, 0) is 42.6 Å². The van der Waals surface area contributed by atoms with Gasteiger partial charge in [-0.2, -0.15) is 0 Å². The summed E-state index contributed by atoms with van der Waals surface area (Å²) in [6, 6.07) is 11.8. The number of benzene rings is 1. The first-order valence-corrected chi connectivity index (χ1v) is 13.5. The van der Waals surface area contributed by atoms with Gasteiger partial charge in [0.25, 0.3) is 0 Å². The van der Waals surface area contributed by atoms with Gasteiger partial charge in [-0.15, -0.1) is 0 Å². The largest absolute Gasteiger partial charge is 0.354 e. The quantitative estimate of drug-likeness (QED) is 0.577. The number of nitrogens with zero attached hydrogens (tertiary/aromatic N) is 1. The molecule has 2 N–H and O–H groups in total. The van der Waals surface area contributed by atoms with E-state index in [-0.39, 0.29) is 18.2 Å². The van der Waals surface area contributed by atoms with E-state index in [9.17, 15) is 13.2 Å². The third kappa shape index (κ3) is 5.96. The lowest BCUT2D eigenvalue weighted by Gasteiger charge is -2.59. The Morgan fingerprint density at radius 3 is 2.58 bits per heavy atom. The summed E-state index contributed by atoms with van der Waals surface area (Å²) in [6.45, 7) is 4.78. The fourth-order valence-electron chi connectivity index (χ4n) is 5.34. The number of sulfone groups is 1. The Hall–Kier alpha value is -1.70. The third-order valence-electron chi connectivity index (χ3n) is 6.92. The summed E-state index contributed by atoms with van der Waals surface area (Å²) in [5, 5.41) is 6.57. The molecule has 1 aliphatic heterocycles. The molecule has 1 spiro atoms. The van der Waals surface area contributed by atoms with E-state index in [1.807, 2.05) is 0 Å². The van der Waals surface area contributed by atoms with Crippen LogP contribution in [0.15, 0.2) is 35.9 Å². The van der Waals surface area contributed by atoms with Crippen LogP contribution in [-0.4, -0.2) is 69.5 Å². The topological polar surface area (TPSA) is 78.5 Å². The maximum atomic E-state index is 12.0. The van der Waals surface area contributed by atoms with E-state index in [4.69, 9.17) is 0 Å². The lowest BCUT2D eigenvalue weighted by molar-refractivity contribution is -0.130. The zero-order valence-electron chi connectivity index (χ0n) is 18.6. The van der Waals surface area contributed by atoms with E-state index in [0.29, 0.717) is 30.0 Å². The number of carbonyl (C=O) groups is 1. The first kappa shape index (κ1) is 22.5. The van der Waals surface area contributed by atoms with Crippen molar-refractivity contribution in [1.82, 2.24) is 15.5 Å². The van der Waals surface area contributed by atoms with E-state index in [0.717, 1.165) is 19.5 Å². The van der Waals surface area contributed by atoms with Crippen LogP contribution in [0.4, 0.5) is 0 Å². The molecule has 170 valence electrons. The van der Waals surface area contributed by atoms with E-state index < -0.39 is 9.84 Å². The van der Waals surface area contributed by atoms with Crippen LogP contribution in [0.2, 0.25) is 0 Å². The van der Waals surface area contributed by atoms with Gasteiger partial charge in [0.15, 0.2) is 0 Å². The molecule has 3 aliphatic rings. The summed E-state index contributed by atoms with van der Waals surface area (Å²) in [4.78, 5) is 14.1. The first-order valence-electron chi connectivity index (χ1n) is 11.4. The summed E-state index contributed by atoms with van der Waals surface area (Å²) in [5.74, 6) is 0.597. The van der Waals surface area contributed by atoms with Crippen molar-refractivity contribution in [2.45, 2.75) is 44.7 Å². The molecule has 6 nitrogen and oxygen atoms in total. The molecular weight excluding hydrogens is 410 g/mol. The predicted octanol–water partition coefficient (Wildman–Crippen LogP) is 2.08. The highest BCUT2D eigenvalue weighted by Crippen LogP contribution is 2.50. The molecule has 1 heterocycles. The Balaban J connectivity index is 1.13. The Morgan fingerprint density at radius 1 is 1.23 bits per heavy atom. The van der Waals surface area contributed by atoms with Crippen molar-refractivity contribution in [2.75, 3.05) is 38.2 Å². The number of rotatable bonds is 10. The van der Waals surface area contributed by atoms with Gasteiger partial charge in [0, 0.05) is 38.0 Å². The highest BCUT2D eigenvalue weighted by atomic mass is 32.2. The summed E-state index contributed by atoms with van der Waals surface area (Å²) in [6.07, 6.45) is 8.30. The molecule has 1 aromatic rings. The van der Waals surface area contributed by atoms with E-state index in [1.54, 1.807) is 5.57 Å². The average molecular weight is 446 g/mol. The Bertz CT molecular complexity index is 915. The number of amides is 1. The maximum absolute atomic E-state index is 12.0. The van der Waals surface area contributed by atoms with Gasteiger partial charge in [0.2, 0.25) is 5.91 Å². The van der Waals surface area contributed by atoms with Crippen LogP contribution < -0.4 is 10.6 Å². The van der Waals surface area contributed by atoms with Gasteiger partial charge in [-0.1, -0.05) is 48.9 Å². The second kappa shape index (κ2) is 9.04. The average Bonchev–Trinajstić information content (AvgIpc) is 3.41. The Kier molecular flexibility index (Phi) is 6.56. The zero-order chi connectivity index (χ0) is 22.1. The minimum atomic E-state index is -3.03. The Labute approximate surface area is 186 Å². The lowest BCUT2D eigenvalue weighted by Crippen LogP contribution is -2.67. The van der Waals surface area contributed by atoms with Crippen LogP contribution in [0.5, 0.6) is 0 Å². The van der Waals surface area contributed by atoms with E-state index in [1.165, 1.54) is 31.1 Å². The molecule has 2 atom stereocenters. The molecule has 0 bridgehead atoms. The number of carbonyl (C=O) groups excluding carboxylic acids is 1. The van der Waals surface area contributed by atoms with E-state index >= 15 is 0 Å². The molecule has 2 saturated carbocycles. The summed E-state index contributed by atoms with van der Waals surface area (Å²) >= 11 is 0. The van der Waals surface area contributed by atoms with Gasteiger partial charge >= 0.3 is 0 Å². The van der Waals surface area contributed by atoms with Crippen molar-refractivity contribution in [3.8, 4) is 0 Å². The van der Waals surface area contributed by atoms with Crippen molar-refractivity contribution in [3.05, 3.63) is 41.5 Å². The fourth-order valence-corrected chi connectivity index (χ4v) is 5.81. The van der Waals surface area contributed by atoms with Gasteiger partial charge in [-0.25, -0.2) is 8.42 Å². The Morgan fingerprint density at radius 2 is 1.94 bits per heavy atom. The van der Waals surface area contributed by atoms with Crippen LogP contribution in [0.1, 0.15) is 38.2 Å². The highest BCUT2D eigenvalue weighted by Gasteiger charge is 2.54. The number of hydrogen-bond donors (Lipinski definition) is 2. The van der Waals surface area contributed by atoms with E-state index in [2.05, 4.69) is 58.9 Å². The summed E-state index contributed by atoms with van der Waals surface area (Å²) < 4.78 is 22.3.